The summed E-state index contributed by atoms with van der Waals surface area (Å²) in [5.74, 6) is 1.01. The van der Waals surface area contributed by atoms with Crippen molar-refractivity contribution in [3.05, 3.63) is 0 Å². The monoisotopic (exact) mass is 240 g/mol. The maximum atomic E-state index is 3.55. The van der Waals surface area contributed by atoms with Gasteiger partial charge in [0.2, 0.25) is 0 Å². The molecule has 1 N–H and O–H groups in total. The molecule has 0 saturated heterocycles. The van der Waals surface area contributed by atoms with Gasteiger partial charge in [0.05, 0.1) is 0 Å². The Bertz CT molecular complexity index is 201. The van der Waals surface area contributed by atoms with Crippen LogP contribution in [0, 0.1) is 11.3 Å². The molecule has 2 heteroatoms. The summed E-state index contributed by atoms with van der Waals surface area (Å²) in [6.07, 6.45) is 5.56. The fourth-order valence-electron chi connectivity index (χ4n) is 2.76. The molecule has 1 rings (SSSR count). The van der Waals surface area contributed by atoms with Crippen LogP contribution in [0.25, 0.3) is 0 Å². The molecule has 2 nitrogen and oxygen atoms in total. The van der Waals surface area contributed by atoms with Crippen LogP contribution in [-0.4, -0.2) is 37.6 Å². The van der Waals surface area contributed by atoms with E-state index in [-0.39, 0.29) is 0 Å². The summed E-state index contributed by atoms with van der Waals surface area (Å²) in [6.45, 7) is 15.3. The molecule has 1 aliphatic carbocycles. The van der Waals surface area contributed by atoms with Crippen LogP contribution in [-0.2, 0) is 0 Å². The molecular formula is C15H32N2. The topological polar surface area (TPSA) is 15.3 Å². The smallest absolute Gasteiger partial charge is 0.00475 e. The Morgan fingerprint density at radius 2 is 1.94 bits per heavy atom. The molecule has 17 heavy (non-hydrogen) atoms. The normalized spacial score (nSPS) is 19.6. The van der Waals surface area contributed by atoms with Crippen molar-refractivity contribution in [1.29, 1.82) is 0 Å². The first-order valence-corrected chi connectivity index (χ1v) is 7.56. The van der Waals surface area contributed by atoms with Crippen molar-refractivity contribution in [2.75, 3.05) is 32.7 Å². The lowest BCUT2D eigenvalue weighted by molar-refractivity contribution is 0.150. The molecule has 0 radical (unpaired) electrons. The van der Waals surface area contributed by atoms with Crippen LogP contribution in [0.4, 0.5) is 0 Å². The van der Waals surface area contributed by atoms with E-state index in [0.29, 0.717) is 5.41 Å². The third kappa shape index (κ3) is 5.87. The Labute approximate surface area is 108 Å². The molecule has 0 aliphatic heterocycles. The summed E-state index contributed by atoms with van der Waals surface area (Å²) in [6, 6.07) is 0. The minimum Gasteiger partial charge on any atom is -0.316 e. The largest absolute Gasteiger partial charge is 0.316 e. The van der Waals surface area contributed by atoms with Crippen LogP contribution in [0.5, 0.6) is 0 Å². The highest BCUT2D eigenvalue weighted by Crippen LogP contribution is 2.31. The Kier molecular flexibility index (Phi) is 6.50. The Balaban J connectivity index is 2.42. The van der Waals surface area contributed by atoms with Gasteiger partial charge in [-0.3, -0.25) is 0 Å². The van der Waals surface area contributed by atoms with Gasteiger partial charge in [-0.05, 0) is 43.7 Å². The molecule has 1 saturated carbocycles. The summed E-state index contributed by atoms with van der Waals surface area (Å²) >= 11 is 0. The van der Waals surface area contributed by atoms with Crippen LogP contribution in [0.15, 0.2) is 0 Å². The van der Waals surface area contributed by atoms with E-state index in [1.54, 1.807) is 0 Å². The predicted molar refractivity (Wildman–Crippen MR) is 76.4 cm³/mol. The van der Waals surface area contributed by atoms with Crippen molar-refractivity contribution in [2.45, 2.75) is 53.4 Å². The highest BCUT2D eigenvalue weighted by molar-refractivity contribution is 4.83. The molecule has 0 aromatic carbocycles. The first-order valence-electron chi connectivity index (χ1n) is 7.56. The summed E-state index contributed by atoms with van der Waals surface area (Å²) in [5, 5.41) is 3.55. The minimum absolute atomic E-state index is 0.454. The number of rotatable bonds is 10. The maximum Gasteiger partial charge on any atom is 0.00475 e. The van der Waals surface area contributed by atoms with Crippen molar-refractivity contribution >= 4 is 0 Å². The van der Waals surface area contributed by atoms with Crippen LogP contribution in [0.2, 0.25) is 0 Å². The molecule has 0 spiro atoms. The van der Waals surface area contributed by atoms with Gasteiger partial charge in [0.1, 0.15) is 0 Å². The van der Waals surface area contributed by atoms with E-state index >= 15 is 0 Å². The zero-order valence-electron chi connectivity index (χ0n) is 12.4. The van der Waals surface area contributed by atoms with Crippen LogP contribution in [0.1, 0.15) is 53.4 Å². The van der Waals surface area contributed by atoms with Crippen molar-refractivity contribution in [3.8, 4) is 0 Å². The molecule has 0 heterocycles. The third-order valence-electron chi connectivity index (χ3n) is 3.92. The molecule has 1 aliphatic rings. The van der Waals surface area contributed by atoms with E-state index in [9.17, 15) is 0 Å². The first kappa shape index (κ1) is 15.0. The van der Waals surface area contributed by atoms with Crippen LogP contribution >= 0.6 is 0 Å². The molecule has 102 valence electrons. The lowest BCUT2D eigenvalue weighted by Gasteiger charge is -2.35. The average Bonchev–Trinajstić information content (AvgIpc) is 3.10. The second-order valence-electron chi connectivity index (χ2n) is 6.11. The molecule has 0 bridgehead atoms. The Hall–Kier alpha value is -0.0800. The lowest BCUT2D eigenvalue weighted by Crippen LogP contribution is -2.43. The highest BCUT2D eigenvalue weighted by atomic mass is 15.1. The molecule has 1 atom stereocenters. The van der Waals surface area contributed by atoms with Crippen molar-refractivity contribution in [1.82, 2.24) is 10.2 Å². The zero-order chi connectivity index (χ0) is 12.7. The fraction of sp³-hybridized carbons (Fsp3) is 1.00. The standard InChI is InChI=1S/C15H32N2/c1-5-10-15(4,12-16-6-2)13-17(7-3)11-14-8-9-14/h14,16H,5-13H2,1-4H3. The van der Waals surface area contributed by atoms with Crippen LogP contribution in [0.3, 0.4) is 0 Å². The van der Waals surface area contributed by atoms with E-state index < -0.39 is 0 Å². The summed E-state index contributed by atoms with van der Waals surface area (Å²) < 4.78 is 0. The molecule has 1 fully saturated rings. The van der Waals surface area contributed by atoms with E-state index in [0.717, 1.165) is 12.5 Å². The van der Waals surface area contributed by atoms with E-state index in [4.69, 9.17) is 0 Å². The minimum atomic E-state index is 0.454. The molecule has 0 amide bonds. The second-order valence-corrected chi connectivity index (χ2v) is 6.11. The summed E-state index contributed by atoms with van der Waals surface area (Å²) in [5.41, 5.74) is 0.454. The Morgan fingerprint density at radius 3 is 2.41 bits per heavy atom. The van der Waals surface area contributed by atoms with Gasteiger partial charge in [-0.25, -0.2) is 0 Å². The van der Waals surface area contributed by atoms with E-state index in [1.807, 2.05) is 0 Å². The number of hydrogen-bond donors (Lipinski definition) is 1. The van der Waals surface area contributed by atoms with Gasteiger partial charge in [-0.2, -0.15) is 0 Å². The van der Waals surface area contributed by atoms with E-state index in [2.05, 4.69) is 37.9 Å². The number of nitrogens with one attached hydrogen (secondary N) is 1. The molecule has 1 unspecified atom stereocenters. The number of nitrogens with zero attached hydrogens (tertiary/aromatic N) is 1. The lowest BCUT2D eigenvalue weighted by atomic mass is 9.84. The zero-order valence-corrected chi connectivity index (χ0v) is 12.4. The quantitative estimate of drug-likeness (QED) is 0.631. The van der Waals surface area contributed by atoms with Gasteiger partial charge >= 0.3 is 0 Å². The number of hydrogen-bond acceptors (Lipinski definition) is 2. The van der Waals surface area contributed by atoms with Gasteiger partial charge in [-0.1, -0.05) is 34.1 Å². The Morgan fingerprint density at radius 1 is 1.24 bits per heavy atom. The second kappa shape index (κ2) is 7.38. The van der Waals surface area contributed by atoms with Gasteiger partial charge in [-0.15, -0.1) is 0 Å². The van der Waals surface area contributed by atoms with Gasteiger partial charge in [0, 0.05) is 19.6 Å². The SMILES string of the molecule is CCCC(C)(CNCC)CN(CC)CC1CC1. The molecular weight excluding hydrogens is 208 g/mol. The van der Waals surface area contributed by atoms with Gasteiger partial charge in [0.25, 0.3) is 0 Å². The fourth-order valence-corrected chi connectivity index (χ4v) is 2.76. The average molecular weight is 240 g/mol. The van der Waals surface area contributed by atoms with Gasteiger partial charge in [0.15, 0.2) is 0 Å². The summed E-state index contributed by atoms with van der Waals surface area (Å²) in [7, 11) is 0. The van der Waals surface area contributed by atoms with Crippen LogP contribution < -0.4 is 5.32 Å². The van der Waals surface area contributed by atoms with Gasteiger partial charge < -0.3 is 10.2 Å². The summed E-state index contributed by atoms with van der Waals surface area (Å²) in [4.78, 5) is 2.67. The maximum absolute atomic E-state index is 3.55. The van der Waals surface area contributed by atoms with Crippen molar-refractivity contribution < 1.29 is 0 Å². The van der Waals surface area contributed by atoms with Crippen molar-refractivity contribution in [3.63, 3.8) is 0 Å². The molecule has 0 aromatic heterocycles. The predicted octanol–water partition coefficient (Wildman–Crippen LogP) is 3.13. The third-order valence-corrected chi connectivity index (χ3v) is 3.92. The molecule has 0 aromatic rings. The van der Waals surface area contributed by atoms with Crippen molar-refractivity contribution in [2.24, 2.45) is 11.3 Å². The van der Waals surface area contributed by atoms with E-state index in [1.165, 1.54) is 51.9 Å². The highest BCUT2D eigenvalue weighted by Gasteiger charge is 2.29. The first-order chi connectivity index (χ1) is 8.13.